The smallest absolute Gasteiger partial charge is 0.315 e. The molecule has 0 saturated carbocycles. The Morgan fingerprint density at radius 3 is 2.40 bits per heavy atom. The summed E-state index contributed by atoms with van der Waals surface area (Å²) in [5.74, 6) is -0.967. The van der Waals surface area contributed by atoms with Gasteiger partial charge >= 0.3 is 12.0 Å². The number of amides is 2. The van der Waals surface area contributed by atoms with Gasteiger partial charge in [-0.15, -0.1) is 0 Å². The zero-order valence-corrected chi connectivity index (χ0v) is 12.4. The zero-order chi connectivity index (χ0) is 15.6. The van der Waals surface area contributed by atoms with Gasteiger partial charge in [0.05, 0.1) is 23.2 Å². The van der Waals surface area contributed by atoms with Crippen molar-refractivity contribution in [3.05, 3.63) is 18.0 Å². The predicted molar refractivity (Wildman–Crippen MR) is 74.2 cm³/mol. The van der Waals surface area contributed by atoms with Gasteiger partial charge in [0.1, 0.15) is 0 Å². The highest BCUT2D eigenvalue weighted by atomic mass is 16.4. The van der Waals surface area contributed by atoms with Gasteiger partial charge in [-0.3, -0.25) is 9.89 Å². The van der Waals surface area contributed by atoms with E-state index in [0.29, 0.717) is 0 Å². The number of hydrogen-bond acceptors (Lipinski definition) is 3. The first-order valence-electron chi connectivity index (χ1n) is 6.38. The SMILES string of the molecule is CC(NC(=O)NC(C)(C)C(C)(C)C(=O)O)c1cn[nH]c1. The molecule has 0 radical (unpaired) electrons. The molecule has 1 unspecified atom stereocenters. The van der Waals surface area contributed by atoms with Crippen LogP contribution in [0.3, 0.4) is 0 Å². The van der Waals surface area contributed by atoms with E-state index in [0.717, 1.165) is 5.56 Å². The normalized spacial score (nSPS) is 13.7. The summed E-state index contributed by atoms with van der Waals surface area (Å²) in [5, 5.41) is 21.2. The molecule has 1 rings (SSSR count). The molecule has 4 N–H and O–H groups in total. The molecular formula is C13H22N4O3. The van der Waals surface area contributed by atoms with E-state index in [2.05, 4.69) is 20.8 Å². The molecule has 0 spiro atoms. The Hall–Kier alpha value is -2.05. The summed E-state index contributed by atoms with van der Waals surface area (Å²) in [7, 11) is 0. The molecule has 0 aliphatic heterocycles. The summed E-state index contributed by atoms with van der Waals surface area (Å²) in [5.41, 5.74) is -1.15. The third kappa shape index (κ3) is 3.28. The molecule has 1 atom stereocenters. The number of aliphatic carboxylic acids is 1. The van der Waals surface area contributed by atoms with Crippen LogP contribution in [0.2, 0.25) is 0 Å². The van der Waals surface area contributed by atoms with Crippen LogP contribution in [0.5, 0.6) is 0 Å². The fraction of sp³-hybridized carbons (Fsp3) is 0.615. The van der Waals surface area contributed by atoms with Gasteiger partial charge in [0, 0.05) is 11.8 Å². The number of nitrogens with one attached hydrogen (secondary N) is 3. The van der Waals surface area contributed by atoms with Crippen molar-refractivity contribution in [3.63, 3.8) is 0 Å². The second-order valence-corrected chi connectivity index (χ2v) is 5.91. The Labute approximate surface area is 118 Å². The standard InChI is InChI=1S/C13H22N4O3/c1-8(9-6-14-15-7-9)16-11(20)17-13(4,5)12(2,3)10(18)19/h6-8H,1-5H3,(H,14,15)(H,18,19)(H2,16,17,20). The molecule has 1 heterocycles. The second kappa shape index (κ2) is 5.52. The lowest BCUT2D eigenvalue weighted by Crippen LogP contribution is -2.59. The van der Waals surface area contributed by atoms with Crippen LogP contribution in [0.25, 0.3) is 0 Å². The number of urea groups is 1. The quantitative estimate of drug-likeness (QED) is 0.658. The Bertz CT molecular complexity index is 480. The van der Waals surface area contributed by atoms with E-state index >= 15 is 0 Å². The summed E-state index contributed by atoms with van der Waals surface area (Å²) < 4.78 is 0. The maximum Gasteiger partial charge on any atom is 0.315 e. The highest BCUT2D eigenvalue weighted by Crippen LogP contribution is 2.30. The van der Waals surface area contributed by atoms with E-state index < -0.39 is 23.0 Å². The van der Waals surface area contributed by atoms with Gasteiger partial charge in [-0.05, 0) is 34.6 Å². The Morgan fingerprint density at radius 2 is 1.95 bits per heavy atom. The first-order valence-corrected chi connectivity index (χ1v) is 6.38. The Kier molecular flexibility index (Phi) is 4.42. The minimum Gasteiger partial charge on any atom is -0.481 e. The van der Waals surface area contributed by atoms with Crippen molar-refractivity contribution < 1.29 is 14.7 Å². The van der Waals surface area contributed by atoms with E-state index in [1.807, 2.05) is 6.92 Å². The number of aromatic amines is 1. The average Bonchev–Trinajstić information content (AvgIpc) is 2.80. The van der Waals surface area contributed by atoms with Crippen molar-refractivity contribution in [1.29, 1.82) is 0 Å². The largest absolute Gasteiger partial charge is 0.481 e. The molecule has 20 heavy (non-hydrogen) atoms. The van der Waals surface area contributed by atoms with Gasteiger partial charge in [-0.25, -0.2) is 4.79 Å². The third-order valence-corrected chi connectivity index (χ3v) is 3.89. The number of aromatic nitrogens is 2. The zero-order valence-electron chi connectivity index (χ0n) is 12.4. The van der Waals surface area contributed by atoms with Crippen LogP contribution in [0.4, 0.5) is 4.79 Å². The van der Waals surface area contributed by atoms with Gasteiger partial charge in [-0.1, -0.05) is 0 Å². The van der Waals surface area contributed by atoms with Crippen LogP contribution < -0.4 is 10.6 Å². The third-order valence-electron chi connectivity index (χ3n) is 3.89. The molecule has 1 aromatic heterocycles. The molecule has 0 fully saturated rings. The van der Waals surface area contributed by atoms with Crippen LogP contribution in [0, 0.1) is 5.41 Å². The van der Waals surface area contributed by atoms with Gasteiger partial charge in [0.25, 0.3) is 0 Å². The molecule has 0 aliphatic carbocycles. The van der Waals surface area contributed by atoms with Gasteiger partial charge in [0.15, 0.2) is 0 Å². The summed E-state index contributed by atoms with van der Waals surface area (Å²) >= 11 is 0. The van der Waals surface area contributed by atoms with Crippen molar-refractivity contribution in [3.8, 4) is 0 Å². The van der Waals surface area contributed by atoms with Crippen molar-refractivity contribution in [1.82, 2.24) is 20.8 Å². The van der Waals surface area contributed by atoms with Crippen molar-refractivity contribution in [2.45, 2.75) is 46.2 Å². The molecule has 0 saturated heterocycles. The lowest BCUT2D eigenvalue weighted by Gasteiger charge is -2.38. The first-order chi connectivity index (χ1) is 9.08. The molecule has 2 amide bonds. The van der Waals surface area contributed by atoms with E-state index in [9.17, 15) is 14.7 Å². The minimum absolute atomic E-state index is 0.225. The monoisotopic (exact) mass is 282 g/mol. The lowest BCUT2D eigenvalue weighted by atomic mass is 9.74. The van der Waals surface area contributed by atoms with Crippen LogP contribution in [-0.4, -0.2) is 32.8 Å². The first kappa shape index (κ1) is 16.0. The van der Waals surface area contributed by atoms with E-state index in [-0.39, 0.29) is 6.04 Å². The highest BCUT2D eigenvalue weighted by molar-refractivity contribution is 5.79. The van der Waals surface area contributed by atoms with E-state index in [4.69, 9.17) is 0 Å². The van der Waals surface area contributed by atoms with Crippen LogP contribution >= 0.6 is 0 Å². The molecule has 0 aliphatic rings. The van der Waals surface area contributed by atoms with Gasteiger partial charge < -0.3 is 15.7 Å². The molecule has 0 aromatic carbocycles. The van der Waals surface area contributed by atoms with E-state index in [1.165, 1.54) is 0 Å². The second-order valence-electron chi connectivity index (χ2n) is 5.91. The maximum atomic E-state index is 12.0. The lowest BCUT2D eigenvalue weighted by molar-refractivity contribution is -0.150. The van der Waals surface area contributed by atoms with Crippen molar-refractivity contribution in [2.75, 3.05) is 0 Å². The summed E-state index contributed by atoms with van der Waals surface area (Å²) in [6.45, 7) is 8.34. The van der Waals surface area contributed by atoms with Crippen LogP contribution in [-0.2, 0) is 4.79 Å². The number of carbonyl (C=O) groups is 2. The Morgan fingerprint density at radius 1 is 1.35 bits per heavy atom. The van der Waals surface area contributed by atoms with Crippen molar-refractivity contribution >= 4 is 12.0 Å². The number of carbonyl (C=O) groups excluding carboxylic acids is 1. The summed E-state index contributed by atoms with van der Waals surface area (Å²) in [6, 6.07) is -0.643. The molecule has 7 heteroatoms. The van der Waals surface area contributed by atoms with Gasteiger partial charge in [-0.2, -0.15) is 5.10 Å². The minimum atomic E-state index is -1.09. The number of H-pyrrole nitrogens is 1. The van der Waals surface area contributed by atoms with Crippen LogP contribution in [0.15, 0.2) is 12.4 Å². The number of hydrogen-bond donors (Lipinski definition) is 4. The number of rotatable bonds is 5. The molecule has 0 bridgehead atoms. The number of nitrogens with zero attached hydrogens (tertiary/aromatic N) is 1. The fourth-order valence-electron chi connectivity index (χ4n) is 1.52. The predicted octanol–water partition coefficient (Wildman–Crippen LogP) is 1.66. The highest BCUT2D eigenvalue weighted by Gasteiger charge is 2.44. The molecule has 7 nitrogen and oxygen atoms in total. The number of carboxylic acids is 1. The number of carboxylic acid groups (broad SMARTS) is 1. The van der Waals surface area contributed by atoms with E-state index in [1.54, 1.807) is 40.1 Å². The summed E-state index contributed by atoms with van der Waals surface area (Å²) in [4.78, 5) is 23.3. The molecule has 112 valence electrons. The maximum absolute atomic E-state index is 12.0. The fourth-order valence-corrected chi connectivity index (χ4v) is 1.52. The molecule has 1 aromatic rings. The van der Waals surface area contributed by atoms with Gasteiger partial charge in [0.2, 0.25) is 0 Å². The topological polar surface area (TPSA) is 107 Å². The summed E-state index contributed by atoms with van der Waals surface area (Å²) in [6.07, 6.45) is 3.31. The molecular weight excluding hydrogens is 260 g/mol. The van der Waals surface area contributed by atoms with Crippen LogP contribution in [0.1, 0.15) is 46.2 Å². The average molecular weight is 282 g/mol. The van der Waals surface area contributed by atoms with Crippen molar-refractivity contribution in [2.24, 2.45) is 5.41 Å². The Balaban J connectivity index is 2.68.